The molecule has 0 aliphatic heterocycles. The van der Waals surface area contributed by atoms with Gasteiger partial charge in [0, 0.05) is 30.6 Å². The number of hydrogen-bond donors (Lipinski definition) is 1. The number of nitro benzene ring substituents is 1. The number of benzene rings is 2. The van der Waals surface area contributed by atoms with Crippen LogP contribution in [-0.4, -0.2) is 23.0 Å². The molecule has 2 aromatic carbocycles. The van der Waals surface area contributed by atoms with Gasteiger partial charge in [-0.3, -0.25) is 15.1 Å². The highest BCUT2D eigenvalue weighted by atomic mass is 16.6. The minimum Gasteiger partial charge on any atom is -0.487 e. The van der Waals surface area contributed by atoms with Crippen LogP contribution in [0.3, 0.4) is 0 Å². The molecule has 0 saturated heterocycles. The van der Waals surface area contributed by atoms with Gasteiger partial charge in [-0.25, -0.2) is 4.79 Å². The molecule has 0 aliphatic carbocycles. The summed E-state index contributed by atoms with van der Waals surface area (Å²) < 4.78 is 10.5. The van der Waals surface area contributed by atoms with E-state index in [2.05, 4.69) is 10.3 Å². The first kappa shape index (κ1) is 19.8. The number of anilines is 1. The predicted octanol–water partition coefficient (Wildman–Crippen LogP) is 3.97. The van der Waals surface area contributed by atoms with Crippen LogP contribution >= 0.6 is 0 Å². The lowest BCUT2D eigenvalue weighted by Gasteiger charge is -2.12. The molecule has 8 heteroatoms. The highest BCUT2D eigenvalue weighted by molar-refractivity contribution is 5.96. The van der Waals surface area contributed by atoms with E-state index in [1.54, 1.807) is 6.20 Å². The fourth-order valence-electron chi connectivity index (χ4n) is 2.66. The number of rotatable bonds is 8. The molecule has 0 aliphatic rings. The van der Waals surface area contributed by atoms with Crippen LogP contribution in [0.2, 0.25) is 0 Å². The zero-order valence-corrected chi connectivity index (χ0v) is 15.7. The third-order valence-corrected chi connectivity index (χ3v) is 4.11. The highest BCUT2D eigenvalue weighted by Crippen LogP contribution is 2.24. The van der Waals surface area contributed by atoms with Gasteiger partial charge in [-0.2, -0.15) is 0 Å². The molecule has 0 bridgehead atoms. The van der Waals surface area contributed by atoms with Crippen LogP contribution in [0.1, 0.15) is 21.6 Å². The zero-order valence-electron chi connectivity index (χ0n) is 15.7. The quantitative estimate of drug-likeness (QED) is 0.351. The second-order valence-corrected chi connectivity index (χ2v) is 6.09. The number of nitrogens with zero attached hydrogens (tertiary/aromatic N) is 2. The fourth-order valence-corrected chi connectivity index (χ4v) is 2.66. The maximum Gasteiger partial charge on any atom is 0.340 e. The van der Waals surface area contributed by atoms with E-state index < -0.39 is 10.9 Å². The van der Waals surface area contributed by atoms with Crippen molar-refractivity contribution in [2.45, 2.75) is 13.2 Å². The number of hydrogen-bond acceptors (Lipinski definition) is 7. The number of carbonyl (C=O) groups is 1. The average Bonchev–Trinajstić information content (AvgIpc) is 2.76. The van der Waals surface area contributed by atoms with Crippen LogP contribution < -0.4 is 10.1 Å². The molecular weight excluding hydrogens is 374 g/mol. The summed E-state index contributed by atoms with van der Waals surface area (Å²) in [7, 11) is 1.23. The second kappa shape index (κ2) is 9.32. The molecule has 0 amide bonds. The Balaban J connectivity index is 1.69. The van der Waals surface area contributed by atoms with Crippen LogP contribution in [-0.2, 0) is 17.9 Å². The Morgan fingerprint density at radius 1 is 1.14 bits per heavy atom. The molecule has 1 aromatic heterocycles. The maximum atomic E-state index is 12.0. The SMILES string of the molecule is COC(=O)c1cc([N+](=O)[O-])ccc1NCc1cccc(OCc2ccccn2)c1. The standard InChI is InChI=1S/C21H19N3O5/c1-28-21(25)19-12-17(24(26)27)8-9-20(19)23-13-15-5-4-7-18(11-15)29-14-16-6-2-3-10-22-16/h2-12,23H,13-14H2,1H3. The smallest absolute Gasteiger partial charge is 0.340 e. The van der Waals surface area contributed by atoms with Crippen molar-refractivity contribution in [3.05, 3.63) is 93.8 Å². The summed E-state index contributed by atoms with van der Waals surface area (Å²) in [5.41, 5.74) is 2.11. The first-order chi connectivity index (χ1) is 14.1. The van der Waals surface area contributed by atoms with Gasteiger partial charge >= 0.3 is 5.97 Å². The molecule has 3 rings (SSSR count). The number of non-ortho nitro benzene ring substituents is 1. The summed E-state index contributed by atoms with van der Waals surface area (Å²) in [4.78, 5) is 26.6. The number of pyridine rings is 1. The lowest BCUT2D eigenvalue weighted by molar-refractivity contribution is -0.384. The van der Waals surface area contributed by atoms with Crippen molar-refractivity contribution >= 4 is 17.3 Å². The minimum absolute atomic E-state index is 0.101. The maximum absolute atomic E-state index is 12.0. The summed E-state index contributed by atoms with van der Waals surface area (Å²) in [5, 5.41) is 14.1. The number of nitrogens with one attached hydrogen (secondary N) is 1. The van der Waals surface area contributed by atoms with Gasteiger partial charge in [0.15, 0.2) is 0 Å². The van der Waals surface area contributed by atoms with E-state index >= 15 is 0 Å². The van der Waals surface area contributed by atoms with Crippen molar-refractivity contribution in [3.63, 3.8) is 0 Å². The van der Waals surface area contributed by atoms with Crippen LogP contribution in [0, 0.1) is 10.1 Å². The monoisotopic (exact) mass is 393 g/mol. The number of carbonyl (C=O) groups excluding carboxylic acids is 1. The van der Waals surface area contributed by atoms with Gasteiger partial charge in [0.1, 0.15) is 12.4 Å². The summed E-state index contributed by atoms with van der Waals surface area (Å²) in [6.07, 6.45) is 1.71. The van der Waals surface area contributed by atoms with Crippen molar-refractivity contribution in [2.75, 3.05) is 12.4 Å². The lowest BCUT2D eigenvalue weighted by atomic mass is 10.1. The number of ether oxygens (including phenoxy) is 2. The molecule has 1 N–H and O–H groups in total. The first-order valence-corrected chi connectivity index (χ1v) is 8.79. The molecule has 0 saturated carbocycles. The zero-order chi connectivity index (χ0) is 20.6. The Labute approximate surface area is 167 Å². The summed E-state index contributed by atoms with van der Waals surface area (Å²) >= 11 is 0. The van der Waals surface area contributed by atoms with E-state index in [-0.39, 0.29) is 11.3 Å². The van der Waals surface area contributed by atoms with Crippen molar-refractivity contribution in [1.29, 1.82) is 0 Å². The number of methoxy groups -OCH3 is 1. The average molecular weight is 393 g/mol. The van der Waals surface area contributed by atoms with E-state index in [4.69, 9.17) is 9.47 Å². The number of esters is 1. The third kappa shape index (κ3) is 5.29. The van der Waals surface area contributed by atoms with Crippen molar-refractivity contribution in [1.82, 2.24) is 4.98 Å². The van der Waals surface area contributed by atoms with E-state index in [0.717, 1.165) is 11.3 Å². The molecule has 0 radical (unpaired) electrons. The Kier molecular flexibility index (Phi) is 6.36. The Morgan fingerprint density at radius 2 is 2.00 bits per heavy atom. The van der Waals surface area contributed by atoms with Gasteiger partial charge in [-0.05, 0) is 35.9 Å². The molecule has 1 heterocycles. The normalized spacial score (nSPS) is 10.2. The molecule has 0 fully saturated rings. The van der Waals surface area contributed by atoms with Crippen LogP contribution in [0.5, 0.6) is 5.75 Å². The van der Waals surface area contributed by atoms with Gasteiger partial charge in [-0.1, -0.05) is 18.2 Å². The minimum atomic E-state index is -0.649. The van der Waals surface area contributed by atoms with Gasteiger partial charge in [0.05, 0.1) is 23.3 Å². The van der Waals surface area contributed by atoms with Gasteiger partial charge < -0.3 is 14.8 Å². The van der Waals surface area contributed by atoms with E-state index in [0.29, 0.717) is 24.6 Å². The lowest BCUT2D eigenvalue weighted by Crippen LogP contribution is -2.09. The molecular formula is C21H19N3O5. The van der Waals surface area contributed by atoms with Crippen molar-refractivity contribution in [3.8, 4) is 5.75 Å². The van der Waals surface area contributed by atoms with Crippen LogP contribution in [0.4, 0.5) is 11.4 Å². The molecule has 29 heavy (non-hydrogen) atoms. The summed E-state index contributed by atoms with van der Waals surface area (Å²) in [6.45, 7) is 0.745. The fraction of sp³-hybridized carbons (Fsp3) is 0.143. The number of aromatic nitrogens is 1. The van der Waals surface area contributed by atoms with Crippen LogP contribution in [0.15, 0.2) is 66.9 Å². The molecule has 3 aromatic rings. The summed E-state index contributed by atoms with van der Waals surface area (Å²) in [5.74, 6) is 0.0375. The van der Waals surface area contributed by atoms with Gasteiger partial charge in [-0.15, -0.1) is 0 Å². The van der Waals surface area contributed by atoms with Crippen molar-refractivity contribution in [2.24, 2.45) is 0 Å². The first-order valence-electron chi connectivity index (χ1n) is 8.79. The largest absolute Gasteiger partial charge is 0.487 e. The Bertz CT molecular complexity index is 1010. The van der Waals surface area contributed by atoms with E-state index in [9.17, 15) is 14.9 Å². The predicted molar refractivity (Wildman–Crippen MR) is 107 cm³/mol. The van der Waals surface area contributed by atoms with E-state index in [1.807, 2.05) is 42.5 Å². The highest BCUT2D eigenvalue weighted by Gasteiger charge is 2.17. The second-order valence-electron chi connectivity index (χ2n) is 6.09. The Hall–Kier alpha value is -3.94. The molecule has 148 valence electrons. The van der Waals surface area contributed by atoms with Crippen LogP contribution in [0.25, 0.3) is 0 Å². The number of nitro groups is 1. The van der Waals surface area contributed by atoms with Gasteiger partial charge in [0.2, 0.25) is 0 Å². The Morgan fingerprint density at radius 3 is 2.72 bits per heavy atom. The van der Waals surface area contributed by atoms with Gasteiger partial charge in [0.25, 0.3) is 5.69 Å². The third-order valence-electron chi connectivity index (χ3n) is 4.11. The summed E-state index contributed by atoms with van der Waals surface area (Å²) in [6, 6.07) is 17.1. The van der Waals surface area contributed by atoms with Crippen molar-refractivity contribution < 1.29 is 19.2 Å². The molecule has 0 atom stereocenters. The molecule has 8 nitrogen and oxygen atoms in total. The molecule has 0 unspecified atom stereocenters. The van der Waals surface area contributed by atoms with E-state index in [1.165, 1.54) is 25.3 Å². The topological polar surface area (TPSA) is 104 Å². The molecule has 0 spiro atoms.